The first kappa shape index (κ1) is 14.7. The van der Waals surface area contributed by atoms with E-state index in [-0.39, 0.29) is 18.9 Å². The number of hydrogen-bond donors (Lipinski definition) is 2. The van der Waals surface area contributed by atoms with Gasteiger partial charge in [0.2, 0.25) is 0 Å². The van der Waals surface area contributed by atoms with Crippen molar-refractivity contribution in [3.63, 3.8) is 0 Å². The van der Waals surface area contributed by atoms with E-state index in [1.807, 2.05) is 0 Å². The Balaban J connectivity index is 4.68. The smallest absolute Gasteiger partial charge is 0.396 e. The number of sulfonamides is 1. The van der Waals surface area contributed by atoms with Gasteiger partial charge in [-0.2, -0.15) is 13.2 Å². The molecule has 1 unspecified atom stereocenters. The van der Waals surface area contributed by atoms with Gasteiger partial charge < -0.3 is 5.11 Å². The number of aliphatic hydroxyl groups is 1. The van der Waals surface area contributed by atoms with Crippen LogP contribution in [0.1, 0.15) is 20.3 Å². The van der Waals surface area contributed by atoms with E-state index in [2.05, 4.69) is 0 Å². The fraction of sp³-hybridized carbons (Fsp3) is 1.00. The summed E-state index contributed by atoms with van der Waals surface area (Å²) in [5.41, 5.74) is -5.31. The Morgan fingerprint density at radius 1 is 1.33 bits per heavy atom. The molecule has 1 atom stereocenters. The summed E-state index contributed by atoms with van der Waals surface area (Å²) in [6.45, 7) is 2.77. The van der Waals surface area contributed by atoms with Gasteiger partial charge in [0, 0.05) is 12.6 Å². The third-order valence-corrected chi connectivity index (χ3v) is 3.08. The Morgan fingerprint density at radius 2 is 1.80 bits per heavy atom. The highest BCUT2D eigenvalue weighted by Gasteiger charge is 2.46. The van der Waals surface area contributed by atoms with Gasteiger partial charge in [-0.25, -0.2) is 13.1 Å². The molecule has 0 aromatic carbocycles. The molecule has 0 aromatic heterocycles. The minimum absolute atomic E-state index is 0.0486. The molecular weight excluding hydrogens is 235 g/mol. The first-order valence-electron chi connectivity index (χ1n) is 4.31. The quantitative estimate of drug-likeness (QED) is 0.758. The number of hydrogen-bond acceptors (Lipinski definition) is 3. The van der Waals surface area contributed by atoms with Crippen LogP contribution in [0.2, 0.25) is 0 Å². The molecule has 92 valence electrons. The van der Waals surface area contributed by atoms with Gasteiger partial charge in [0.1, 0.15) is 0 Å². The molecule has 2 N–H and O–H groups in total. The molecule has 0 bridgehead atoms. The molecule has 0 aromatic rings. The lowest BCUT2D eigenvalue weighted by molar-refractivity contribution is -0.0453. The first-order valence-corrected chi connectivity index (χ1v) is 5.79. The predicted molar refractivity (Wildman–Crippen MR) is 48.4 cm³/mol. The molecule has 0 fully saturated rings. The average molecular weight is 249 g/mol. The SMILES string of the molecule is CC(C)C(CCO)NS(=O)(=O)C(F)(F)F. The number of alkyl halides is 3. The molecule has 0 saturated carbocycles. The van der Waals surface area contributed by atoms with E-state index >= 15 is 0 Å². The summed E-state index contributed by atoms with van der Waals surface area (Å²) in [7, 11) is -5.33. The van der Waals surface area contributed by atoms with Crippen LogP contribution in [-0.4, -0.2) is 31.7 Å². The van der Waals surface area contributed by atoms with Crippen LogP contribution in [0, 0.1) is 5.92 Å². The zero-order valence-electron chi connectivity index (χ0n) is 8.37. The molecule has 0 spiro atoms. The third kappa shape index (κ3) is 4.35. The molecule has 0 aliphatic rings. The molecule has 8 heteroatoms. The van der Waals surface area contributed by atoms with Crippen LogP contribution in [0.4, 0.5) is 13.2 Å². The maximum absolute atomic E-state index is 12.0. The second-order valence-electron chi connectivity index (χ2n) is 3.43. The minimum atomic E-state index is -5.33. The predicted octanol–water partition coefficient (Wildman–Crippen LogP) is 0.833. The summed E-state index contributed by atoms with van der Waals surface area (Å²) in [6, 6.07) is -0.915. The van der Waals surface area contributed by atoms with Crippen molar-refractivity contribution >= 4 is 10.0 Å². The summed E-state index contributed by atoms with van der Waals surface area (Å²) in [5, 5.41) is 8.57. The Morgan fingerprint density at radius 3 is 2.07 bits per heavy atom. The summed E-state index contributed by atoms with van der Waals surface area (Å²) >= 11 is 0. The topological polar surface area (TPSA) is 66.4 Å². The fourth-order valence-electron chi connectivity index (χ4n) is 0.934. The lowest BCUT2D eigenvalue weighted by Gasteiger charge is -2.21. The summed E-state index contributed by atoms with van der Waals surface area (Å²) in [5.74, 6) is -0.325. The largest absolute Gasteiger partial charge is 0.511 e. The second kappa shape index (κ2) is 5.13. The number of halogens is 3. The van der Waals surface area contributed by atoms with Gasteiger partial charge in [-0.05, 0) is 12.3 Å². The van der Waals surface area contributed by atoms with E-state index in [4.69, 9.17) is 5.11 Å². The highest BCUT2D eigenvalue weighted by atomic mass is 32.2. The minimum Gasteiger partial charge on any atom is -0.396 e. The van der Waals surface area contributed by atoms with Crippen molar-refractivity contribution < 1.29 is 26.7 Å². The van der Waals surface area contributed by atoms with Gasteiger partial charge in [0.15, 0.2) is 0 Å². The molecular formula is C7H14F3NO3S. The van der Waals surface area contributed by atoms with Gasteiger partial charge >= 0.3 is 15.5 Å². The lowest BCUT2D eigenvalue weighted by atomic mass is 10.0. The van der Waals surface area contributed by atoms with E-state index < -0.39 is 21.6 Å². The van der Waals surface area contributed by atoms with Crippen molar-refractivity contribution in [2.45, 2.75) is 31.8 Å². The molecule has 0 rings (SSSR count). The van der Waals surface area contributed by atoms with Crippen molar-refractivity contribution in [3.05, 3.63) is 0 Å². The van der Waals surface area contributed by atoms with Crippen molar-refractivity contribution in [3.8, 4) is 0 Å². The van der Waals surface area contributed by atoms with Crippen LogP contribution in [-0.2, 0) is 10.0 Å². The highest BCUT2D eigenvalue weighted by Crippen LogP contribution is 2.23. The molecule has 4 nitrogen and oxygen atoms in total. The van der Waals surface area contributed by atoms with E-state index in [0.717, 1.165) is 0 Å². The maximum atomic E-state index is 12.0. The molecule has 0 aliphatic heterocycles. The number of aliphatic hydroxyl groups excluding tert-OH is 1. The van der Waals surface area contributed by atoms with Crippen LogP contribution < -0.4 is 4.72 Å². The Bertz CT molecular complexity index is 286. The maximum Gasteiger partial charge on any atom is 0.511 e. The van der Waals surface area contributed by atoms with Crippen molar-refractivity contribution in [1.82, 2.24) is 4.72 Å². The van der Waals surface area contributed by atoms with Crippen molar-refractivity contribution in [2.75, 3.05) is 6.61 Å². The normalized spacial score (nSPS) is 15.7. The van der Waals surface area contributed by atoms with Crippen LogP contribution in [0.5, 0.6) is 0 Å². The summed E-state index contributed by atoms with van der Waals surface area (Å²) < 4.78 is 58.9. The molecule has 0 amide bonds. The van der Waals surface area contributed by atoms with E-state index in [1.165, 1.54) is 4.72 Å². The van der Waals surface area contributed by atoms with Crippen LogP contribution in [0.25, 0.3) is 0 Å². The second-order valence-corrected chi connectivity index (χ2v) is 5.14. The molecule has 0 heterocycles. The van der Waals surface area contributed by atoms with Gasteiger partial charge in [0.05, 0.1) is 0 Å². The van der Waals surface area contributed by atoms with E-state index in [9.17, 15) is 21.6 Å². The molecule has 0 radical (unpaired) electrons. The van der Waals surface area contributed by atoms with Gasteiger partial charge in [-0.3, -0.25) is 0 Å². The van der Waals surface area contributed by atoms with Gasteiger partial charge in [0.25, 0.3) is 0 Å². The Labute approximate surface area is 86.5 Å². The Kier molecular flexibility index (Phi) is 5.01. The van der Waals surface area contributed by atoms with Crippen molar-refractivity contribution in [2.24, 2.45) is 5.92 Å². The highest BCUT2D eigenvalue weighted by molar-refractivity contribution is 7.90. The standard InChI is InChI=1S/C7H14F3NO3S/c1-5(2)6(3-4-12)11-15(13,14)7(8,9)10/h5-6,11-12H,3-4H2,1-2H3. The molecule has 0 aliphatic carbocycles. The van der Waals surface area contributed by atoms with Crippen molar-refractivity contribution in [1.29, 1.82) is 0 Å². The lowest BCUT2D eigenvalue weighted by Crippen LogP contribution is -2.45. The molecule has 15 heavy (non-hydrogen) atoms. The van der Waals surface area contributed by atoms with Gasteiger partial charge in [-0.1, -0.05) is 13.8 Å². The van der Waals surface area contributed by atoms with E-state index in [0.29, 0.717) is 0 Å². The average Bonchev–Trinajstić information content (AvgIpc) is 2.00. The number of nitrogens with one attached hydrogen (secondary N) is 1. The first-order chi connectivity index (χ1) is 6.62. The van der Waals surface area contributed by atoms with E-state index in [1.54, 1.807) is 13.8 Å². The van der Waals surface area contributed by atoms with Crippen LogP contribution in [0.15, 0.2) is 0 Å². The fourth-order valence-corrected chi connectivity index (χ4v) is 1.86. The van der Waals surface area contributed by atoms with Crippen LogP contribution >= 0.6 is 0 Å². The summed E-state index contributed by atoms with van der Waals surface area (Å²) in [4.78, 5) is 0. The number of rotatable bonds is 5. The summed E-state index contributed by atoms with van der Waals surface area (Å²) in [6.07, 6.45) is -0.0486. The molecule has 0 saturated heterocycles. The van der Waals surface area contributed by atoms with Gasteiger partial charge in [-0.15, -0.1) is 0 Å². The Hall–Kier alpha value is -0.340. The zero-order chi connectivity index (χ0) is 12.3. The van der Waals surface area contributed by atoms with Crippen LogP contribution in [0.3, 0.4) is 0 Å². The third-order valence-electron chi connectivity index (χ3n) is 1.86. The monoisotopic (exact) mass is 249 g/mol. The zero-order valence-corrected chi connectivity index (χ0v) is 9.19.